The summed E-state index contributed by atoms with van der Waals surface area (Å²) in [6.45, 7) is 10.1. The maximum absolute atomic E-state index is 12.4. The lowest BCUT2D eigenvalue weighted by molar-refractivity contribution is 0.350. The third kappa shape index (κ3) is 3.94. The minimum absolute atomic E-state index is 0.0529. The predicted octanol–water partition coefficient (Wildman–Crippen LogP) is 2.60. The average Bonchev–Trinajstić information content (AvgIpc) is 2.25. The number of hydrogen-bond donors (Lipinski definition) is 2. The number of nitrogens with two attached hydrogens (primary N) is 1. The lowest BCUT2D eigenvalue weighted by Crippen LogP contribution is -2.34. The molecule has 0 heterocycles. The maximum Gasteiger partial charge on any atom is 0.241 e. The summed E-state index contributed by atoms with van der Waals surface area (Å²) in [7, 11) is -3.49. The largest absolute Gasteiger partial charge is 0.399 e. The summed E-state index contributed by atoms with van der Waals surface area (Å²) in [4.78, 5) is 0.341. The number of aryl methyl sites for hydroxylation is 2. The molecule has 0 aromatic heterocycles. The van der Waals surface area contributed by atoms with Crippen LogP contribution in [0.4, 0.5) is 5.69 Å². The van der Waals surface area contributed by atoms with Crippen LogP contribution in [-0.4, -0.2) is 15.0 Å². The van der Waals surface area contributed by atoms with E-state index in [4.69, 9.17) is 5.73 Å². The van der Waals surface area contributed by atoms with Crippen LogP contribution in [0.3, 0.4) is 0 Å². The SMILES string of the molecule is CCC(C)(C)CNS(=O)(=O)c1c(C)cc(N)cc1C. The first kappa shape index (κ1) is 16.0. The van der Waals surface area contributed by atoms with Crippen LogP contribution in [0.2, 0.25) is 0 Å². The Labute approximate surface area is 116 Å². The Bertz CT molecular complexity index is 540. The predicted molar refractivity (Wildman–Crippen MR) is 79.6 cm³/mol. The van der Waals surface area contributed by atoms with Crippen LogP contribution in [0, 0.1) is 19.3 Å². The molecule has 1 aromatic carbocycles. The van der Waals surface area contributed by atoms with E-state index in [9.17, 15) is 8.42 Å². The lowest BCUT2D eigenvalue weighted by Gasteiger charge is -2.23. The molecule has 0 aliphatic carbocycles. The minimum Gasteiger partial charge on any atom is -0.399 e. The molecular formula is C14H24N2O2S. The summed E-state index contributed by atoms with van der Waals surface area (Å²) in [5.74, 6) is 0. The number of benzene rings is 1. The number of nitrogens with one attached hydrogen (secondary N) is 1. The van der Waals surface area contributed by atoms with Crippen LogP contribution in [-0.2, 0) is 10.0 Å². The highest BCUT2D eigenvalue weighted by atomic mass is 32.2. The second-order valence-corrected chi connectivity index (χ2v) is 7.53. The monoisotopic (exact) mass is 284 g/mol. The molecule has 4 nitrogen and oxygen atoms in total. The molecular weight excluding hydrogens is 260 g/mol. The minimum atomic E-state index is -3.49. The summed E-state index contributed by atoms with van der Waals surface area (Å²) in [5, 5.41) is 0. The van der Waals surface area contributed by atoms with E-state index >= 15 is 0 Å². The van der Waals surface area contributed by atoms with E-state index in [-0.39, 0.29) is 5.41 Å². The Morgan fingerprint density at radius 1 is 1.21 bits per heavy atom. The Balaban J connectivity index is 3.09. The smallest absolute Gasteiger partial charge is 0.241 e. The molecule has 1 aromatic rings. The van der Waals surface area contributed by atoms with Gasteiger partial charge in [-0.25, -0.2) is 13.1 Å². The Morgan fingerprint density at radius 2 is 1.68 bits per heavy atom. The van der Waals surface area contributed by atoms with Gasteiger partial charge in [0.1, 0.15) is 0 Å². The van der Waals surface area contributed by atoms with Crippen LogP contribution < -0.4 is 10.5 Å². The fourth-order valence-corrected chi connectivity index (χ4v) is 3.59. The molecule has 0 spiro atoms. The van der Waals surface area contributed by atoms with Gasteiger partial charge < -0.3 is 5.73 Å². The zero-order valence-electron chi connectivity index (χ0n) is 12.4. The first-order valence-electron chi connectivity index (χ1n) is 6.45. The molecule has 3 N–H and O–H groups in total. The second-order valence-electron chi connectivity index (χ2n) is 5.83. The van der Waals surface area contributed by atoms with Crippen molar-refractivity contribution < 1.29 is 8.42 Å². The van der Waals surface area contributed by atoms with Gasteiger partial charge in [0.2, 0.25) is 10.0 Å². The second kappa shape index (κ2) is 5.51. The molecule has 0 radical (unpaired) electrons. The molecule has 5 heteroatoms. The molecule has 0 bridgehead atoms. The lowest BCUT2D eigenvalue weighted by atomic mass is 9.91. The number of rotatable bonds is 5. The van der Waals surface area contributed by atoms with Crippen LogP contribution in [0.1, 0.15) is 38.3 Å². The van der Waals surface area contributed by atoms with Crippen molar-refractivity contribution in [3.8, 4) is 0 Å². The molecule has 0 saturated carbocycles. The van der Waals surface area contributed by atoms with Crippen molar-refractivity contribution in [3.63, 3.8) is 0 Å². The molecule has 108 valence electrons. The summed E-state index contributed by atoms with van der Waals surface area (Å²) in [5.41, 5.74) is 7.61. The van der Waals surface area contributed by atoms with E-state index in [2.05, 4.69) is 4.72 Å². The van der Waals surface area contributed by atoms with Gasteiger partial charge in [-0.15, -0.1) is 0 Å². The quantitative estimate of drug-likeness (QED) is 0.816. The van der Waals surface area contributed by atoms with Crippen molar-refractivity contribution in [3.05, 3.63) is 23.3 Å². The van der Waals surface area contributed by atoms with Gasteiger partial charge in [0.25, 0.3) is 0 Å². The molecule has 0 aliphatic heterocycles. The highest BCUT2D eigenvalue weighted by Gasteiger charge is 2.23. The molecule has 19 heavy (non-hydrogen) atoms. The van der Waals surface area contributed by atoms with Gasteiger partial charge in [0, 0.05) is 12.2 Å². The van der Waals surface area contributed by atoms with Crippen molar-refractivity contribution in [2.45, 2.75) is 45.9 Å². The van der Waals surface area contributed by atoms with Crippen molar-refractivity contribution in [2.75, 3.05) is 12.3 Å². The first-order chi connectivity index (χ1) is 8.59. The van der Waals surface area contributed by atoms with Crippen molar-refractivity contribution in [1.82, 2.24) is 4.72 Å². The van der Waals surface area contributed by atoms with Crippen molar-refractivity contribution in [2.24, 2.45) is 5.41 Å². The van der Waals surface area contributed by atoms with E-state index in [1.165, 1.54) is 0 Å². The van der Waals surface area contributed by atoms with Crippen molar-refractivity contribution in [1.29, 1.82) is 0 Å². The molecule has 0 aliphatic rings. The third-order valence-electron chi connectivity index (χ3n) is 3.45. The average molecular weight is 284 g/mol. The zero-order chi connectivity index (χ0) is 14.8. The standard InChI is InChI=1S/C14H24N2O2S/c1-6-14(4,5)9-16-19(17,18)13-10(2)7-12(15)8-11(13)3/h7-8,16H,6,9,15H2,1-5H3. The molecule has 0 unspecified atom stereocenters. The number of anilines is 1. The third-order valence-corrected chi connectivity index (χ3v) is 5.16. The number of hydrogen-bond acceptors (Lipinski definition) is 3. The highest BCUT2D eigenvalue weighted by molar-refractivity contribution is 7.89. The van der Waals surface area contributed by atoms with E-state index in [1.807, 2.05) is 20.8 Å². The van der Waals surface area contributed by atoms with E-state index in [1.54, 1.807) is 26.0 Å². The van der Waals surface area contributed by atoms with Gasteiger partial charge in [-0.3, -0.25) is 0 Å². The number of sulfonamides is 1. The van der Waals surface area contributed by atoms with E-state index in [0.717, 1.165) is 6.42 Å². The summed E-state index contributed by atoms with van der Waals surface area (Å²) in [6.07, 6.45) is 0.912. The Kier molecular flexibility index (Phi) is 4.63. The van der Waals surface area contributed by atoms with Crippen LogP contribution in [0.25, 0.3) is 0 Å². The van der Waals surface area contributed by atoms with Gasteiger partial charge in [0.15, 0.2) is 0 Å². The summed E-state index contributed by atoms with van der Waals surface area (Å²) < 4.78 is 27.5. The van der Waals surface area contributed by atoms with E-state index < -0.39 is 10.0 Å². The fraction of sp³-hybridized carbons (Fsp3) is 0.571. The van der Waals surface area contributed by atoms with Crippen LogP contribution in [0.15, 0.2) is 17.0 Å². The van der Waals surface area contributed by atoms with E-state index in [0.29, 0.717) is 28.3 Å². The Morgan fingerprint density at radius 3 is 2.11 bits per heavy atom. The van der Waals surface area contributed by atoms with Gasteiger partial charge in [-0.2, -0.15) is 0 Å². The number of nitrogen functional groups attached to an aromatic ring is 1. The molecule has 0 saturated heterocycles. The van der Waals surface area contributed by atoms with Crippen LogP contribution in [0.5, 0.6) is 0 Å². The molecule has 0 fully saturated rings. The normalized spacial score (nSPS) is 12.7. The fourth-order valence-electron chi connectivity index (χ4n) is 1.90. The first-order valence-corrected chi connectivity index (χ1v) is 7.94. The summed E-state index contributed by atoms with van der Waals surface area (Å²) in [6, 6.07) is 3.37. The van der Waals surface area contributed by atoms with Crippen LogP contribution >= 0.6 is 0 Å². The van der Waals surface area contributed by atoms with Gasteiger partial charge in [0.05, 0.1) is 4.90 Å². The maximum atomic E-state index is 12.4. The van der Waals surface area contributed by atoms with Gasteiger partial charge in [-0.1, -0.05) is 20.8 Å². The molecule has 0 atom stereocenters. The topological polar surface area (TPSA) is 72.2 Å². The summed E-state index contributed by atoms with van der Waals surface area (Å²) >= 11 is 0. The van der Waals surface area contributed by atoms with Gasteiger partial charge in [-0.05, 0) is 48.9 Å². The Hall–Kier alpha value is -1.07. The molecule has 1 rings (SSSR count). The zero-order valence-corrected chi connectivity index (χ0v) is 13.2. The highest BCUT2D eigenvalue weighted by Crippen LogP contribution is 2.24. The van der Waals surface area contributed by atoms with Gasteiger partial charge >= 0.3 is 0 Å². The van der Waals surface area contributed by atoms with Crippen molar-refractivity contribution >= 4 is 15.7 Å². The molecule has 0 amide bonds.